The van der Waals surface area contributed by atoms with Crippen molar-refractivity contribution in [2.45, 2.75) is 45.1 Å². The van der Waals surface area contributed by atoms with Gasteiger partial charge in [-0.1, -0.05) is 6.07 Å². The monoisotopic (exact) mass is 426 g/mol. The second kappa shape index (κ2) is 7.90. The number of carbonyl (C=O) groups is 3. The molecule has 2 aliphatic heterocycles. The van der Waals surface area contributed by atoms with Crippen molar-refractivity contribution in [1.82, 2.24) is 14.8 Å². The Morgan fingerprint density at radius 1 is 1.13 bits per heavy atom. The number of hydrogen-bond acceptors (Lipinski definition) is 5. The molecule has 0 bridgehead atoms. The number of nitrogens with zero attached hydrogens (tertiary/aromatic N) is 3. The maximum absolute atomic E-state index is 12.4. The second-order valence-corrected chi connectivity index (χ2v) is 9.35. The number of piperidine rings is 1. The third-order valence-electron chi connectivity index (χ3n) is 5.92. The van der Waals surface area contributed by atoms with Gasteiger partial charge >= 0.3 is 6.09 Å². The van der Waals surface area contributed by atoms with Crippen LogP contribution in [0.5, 0.6) is 0 Å². The van der Waals surface area contributed by atoms with Crippen LogP contribution >= 0.6 is 0 Å². The van der Waals surface area contributed by atoms with Gasteiger partial charge in [0.05, 0.1) is 11.4 Å². The van der Waals surface area contributed by atoms with Crippen LogP contribution in [-0.2, 0) is 21.4 Å². The van der Waals surface area contributed by atoms with E-state index < -0.39 is 5.60 Å². The molecule has 1 aromatic heterocycles. The topological polar surface area (TPSA) is 83.9 Å². The molecular formula is C23H30N4O4. The van der Waals surface area contributed by atoms with Crippen molar-refractivity contribution in [2.75, 3.05) is 31.1 Å². The van der Waals surface area contributed by atoms with E-state index >= 15 is 0 Å². The second-order valence-electron chi connectivity index (χ2n) is 9.35. The highest BCUT2D eigenvalue weighted by atomic mass is 16.6. The van der Waals surface area contributed by atoms with Crippen LogP contribution in [0.4, 0.5) is 10.5 Å². The summed E-state index contributed by atoms with van der Waals surface area (Å²) in [6.45, 7) is 8.31. The number of benzene rings is 1. The lowest BCUT2D eigenvalue weighted by molar-refractivity contribution is -0.134. The van der Waals surface area contributed by atoms with Crippen molar-refractivity contribution >= 4 is 34.5 Å². The molecule has 2 aliphatic rings. The smallest absolute Gasteiger partial charge is 0.410 e. The van der Waals surface area contributed by atoms with E-state index in [1.54, 1.807) is 4.90 Å². The van der Waals surface area contributed by atoms with Crippen LogP contribution < -0.4 is 10.2 Å². The molecular weight excluding hydrogens is 396 g/mol. The Kier molecular flexibility index (Phi) is 5.41. The number of imide groups is 1. The first kappa shape index (κ1) is 21.2. The first-order chi connectivity index (χ1) is 14.6. The predicted molar refractivity (Wildman–Crippen MR) is 118 cm³/mol. The Hall–Kier alpha value is -3.03. The Labute approximate surface area is 182 Å². The summed E-state index contributed by atoms with van der Waals surface area (Å²) >= 11 is 0. The highest BCUT2D eigenvalue weighted by molar-refractivity contribution is 6.03. The number of anilines is 1. The largest absolute Gasteiger partial charge is 0.444 e. The third-order valence-corrected chi connectivity index (χ3v) is 5.92. The molecule has 2 aromatic rings. The van der Waals surface area contributed by atoms with Gasteiger partial charge in [-0.2, -0.15) is 0 Å². The van der Waals surface area contributed by atoms with Gasteiger partial charge in [0.15, 0.2) is 0 Å². The quantitative estimate of drug-likeness (QED) is 0.747. The number of fused-ring (bicyclic) bond motifs is 1. The predicted octanol–water partition coefficient (Wildman–Crippen LogP) is 2.76. The average molecular weight is 427 g/mol. The fraction of sp³-hybridized carbons (Fsp3) is 0.522. The molecule has 0 radical (unpaired) electrons. The molecule has 8 nitrogen and oxygen atoms in total. The molecule has 166 valence electrons. The summed E-state index contributed by atoms with van der Waals surface area (Å²) in [5, 5.41) is 3.49. The fourth-order valence-corrected chi connectivity index (χ4v) is 4.34. The van der Waals surface area contributed by atoms with Crippen LogP contribution in [-0.4, -0.2) is 59.2 Å². The van der Waals surface area contributed by atoms with E-state index in [0.717, 1.165) is 35.2 Å². The minimum Gasteiger partial charge on any atom is -0.444 e. The number of nitrogens with one attached hydrogen (secondary N) is 1. The minimum absolute atomic E-state index is 0.200. The lowest BCUT2D eigenvalue weighted by Crippen LogP contribution is -2.50. The Bertz CT molecular complexity index is 1030. The third kappa shape index (κ3) is 4.38. The average Bonchev–Trinajstić information content (AvgIpc) is 3.03. The molecule has 1 N–H and O–H groups in total. The molecule has 8 heteroatoms. The van der Waals surface area contributed by atoms with Crippen LogP contribution in [0.3, 0.4) is 0 Å². The van der Waals surface area contributed by atoms with Crippen molar-refractivity contribution in [3.05, 3.63) is 30.0 Å². The van der Waals surface area contributed by atoms with Crippen LogP contribution in [0.1, 0.15) is 45.1 Å². The van der Waals surface area contributed by atoms with Crippen LogP contribution in [0.2, 0.25) is 0 Å². The standard InChI is InChI=1S/C23H30N4O4/c1-23(2,3)31-22(30)27-11-9-26(10-12-27)15-5-6-16-18(14-25(4)19(16)13-15)17-7-8-20(28)24-21(17)29/h5-6,13-14,17H,7-12H2,1-4H3,(H,24,28,29). The van der Waals surface area contributed by atoms with E-state index in [-0.39, 0.29) is 23.8 Å². The van der Waals surface area contributed by atoms with Gasteiger partial charge in [-0.05, 0) is 44.9 Å². The molecule has 1 unspecified atom stereocenters. The van der Waals surface area contributed by atoms with E-state index in [1.807, 2.05) is 38.6 Å². The molecule has 1 aromatic carbocycles. The zero-order valence-electron chi connectivity index (χ0n) is 18.6. The van der Waals surface area contributed by atoms with E-state index in [9.17, 15) is 14.4 Å². The number of aromatic nitrogens is 1. The van der Waals surface area contributed by atoms with E-state index in [0.29, 0.717) is 25.9 Å². The van der Waals surface area contributed by atoms with Gasteiger partial charge in [-0.3, -0.25) is 14.9 Å². The zero-order valence-corrected chi connectivity index (χ0v) is 18.6. The summed E-state index contributed by atoms with van der Waals surface area (Å²) in [6, 6.07) is 6.26. The number of ether oxygens (including phenoxy) is 1. The number of rotatable bonds is 2. The van der Waals surface area contributed by atoms with E-state index in [4.69, 9.17) is 4.74 Å². The number of carbonyl (C=O) groups excluding carboxylic acids is 3. The molecule has 31 heavy (non-hydrogen) atoms. The summed E-state index contributed by atoms with van der Waals surface area (Å²) in [7, 11) is 1.97. The molecule has 0 saturated carbocycles. The summed E-state index contributed by atoms with van der Waals surface area (Å²) in [4.78, 5) is 40.2. The fourth-order valence-electron chi connectivity index (χ4n) is 4.34. The lowest BCUT2D eigenvalue weighted by Gasteiger charge is -2.36. The number of hydrogen-bond donors (Lipinski definition) is 1. The maximum Gasteiger partial charge on any atom is 0.410 e. The molecule has 3 heterocycles. The van der Waals surface area contributed by atoms with E-state index in [2.05, 4.69) is 28.4 Å². The maximum atomic E-state index is 12.4. The first-order valence-corrected chi connectivity index (χ1v) is 10.8. The highest BCUT2D eigenvalue weighted by Gasteiger charge is 2.31. The summed E-state index contributed by atoms with van der Waals surface area (Å²) in [5.74, 6) is -0.718. The van der Waals surface area contributed by atoms with Crippen molar-refractivity contribution < 1.29 is 19.1 Å². The Morgan fingerprint density at radius 2 is 1.84 bits per heavy atom. The minimum atomic E-state index is -0.494. The molecule has 4 rings (SSSR count). The molecule has 2 fully saturated rings. The van der Waals surface area contributed by atoms with Gasteiger partial charge in [-0.25, -0.2) is 4.79 Å². The Balaban J connectivity index is 1.49. The molecule has 1 atom stereocenters. The SMILES string of the molecule is Cn1cc(C2CCC(=O)NC2=O)c2ccc(N3CCN(C(=O)OC(C)(C)C)CC3)cc21. The van der Waals surface area contributed by atoms with Gasteiger partial charge in [0, 0.05) is 56.9 Å². The lowest BCUT2D eigenvalue weighted by atomic mass is 9.90. The van der Waals surface area contributed by atoms with Crippen molar-refractivity contribution in [3.8, 4) is 0 Å². The summed E-state index contributed by atoms with van der Waals surface area (Å²) in [5.41, 5.74) is 2.61. The van der Waals surface area contributed by atoms with Crippen molar-refractivity contribution in [1.29, 1.82) is 0 Å². The van der Waals surface area contributed by atoms with E-state index in [1.165, 1.54) is 0 Å². The molecule has 0 spiro atoms. The first-order valence-electron chi connectivity index (χ1n) is 10.8. The molecule has 2 saturated heterocycles. The van der Waals surface area contributed by atoms with Gasteiger partial charge in [-0.15, -0.1) is 0 Å². The van der Waals surface area contributed by atoms with Gasteiger partial charge in [0.2, 0.25) is 11.8 Å². The zero-order chi connectivity index (χ0) is 22.3. The highest BCUT2D eigenvalue weighted by Crippen LogP contribution is 2.34. The normalized spacial score (nSPS) is 20.2. The number of amides is 3. The Morgan fingerprint density at radius 3 is 2.48 bits per heavy atom. The summed E-state index contributed by atoms with van der Waals surface area (Å²) < 4.78 is 7.52. The molecule has 0 aliphatic carbocycles. The van der Waals surface area contributed by atoms with Crippen molar-refractivity contribution in [3.63, 3.8) is 0 Å². The van der Waals surface area contributed by atoms with Gasteiger partial charge in [0.25, 0.3) is 0 Å². The van der Waals surface area contributed by atoms with Gasteiger partial charge in [0.1, 0.15) is 5.60 Å². The summed E-state index contributed by atoms with van der Waals surface area (Å²) in [6.07, 6.45) is 2.64. The van der Waals surface area contributed by atoms with Crippen LogP contribution in [0.25, 0.3) is 10.9 Å². The number of piperazine rings is 1. The molecule has 3 amide bonds. The number of aryl methyl sites for hydroxylation is 1. The van der Waals surface area contributed by atoms with Crippen LogP contribution in [0, 0.1) is 0 Å². The van der Waals surface area contributed by atoms with Gasteiger partial charge < -0.3 is 19.1 Å². The van der Waals surface area contributed by atoms with Crippen molar-refractivity contribution in [2.24, 2.45) is 7.05 Å². The van der Waals surface area contributed by atoms with Crippen LogP contribution in [0.15, 0.2) is 24.4 Å².